The third-order valence-electron chi connectivity index (χ3n) is 1.65. The van der Waals surface area contributed by atoms with E-state index in [0.29, 0.717) is 14.5 Å². The van der Waals surface area contributed by atoms with Gasteiger partial charge in [0.05, 0.1) is 18.0 Å². The zero-order valence-electron chi connectivity index (χ0n) is 7.31. The summed E-state index contributed by atoms with van der Waals surface area (Å²) < 4.78 is 18.6. The molecule has 0 spiro atoms. The minimum Gasteiger partial charge on any atom is -0.469 e. The van der Waals surface area contributed by atoms with E-state index in [-0.39, 0.29) is 6.42 Å². The summed E-state index contributed by atoms with van der Waals surface area (Å²) >= 11 is 6.28. The highest BCUT2D eigenvalue weighted by Gasteiger charge is 2.10. The number of hydrogen-bond donors (Lipinski definition) is 0. The fourth-order valence-electron chi connectivity index (χ4n) is 0.927. The number of halogens is 3. The Bertz CT molecular complexity index is 366. The molecule has 76 valence electrons. The third kappa shape index (κ3) is 2.78. The fourth-order valence-corrected chi connectivity index (χ4v) is 2.06. The standard InChI is InChI=1S/C9H7Br2FO2/c1-14-9(13)3-5-2-8(12)7(11)4-6(5)10/h2,4H,3H2,1H3. The van der Waals surface area contributed by atoms with Crippen LogP contribution in [0.4, 0.5) is 4.39 Å². The van der Waals surface area contributed by atoms with Gasteiger partial charge < -0.3 is 4.74 Å². The Morgan fingerprint density at radius 2 is 2.07 bits per heavy atom. The van der Waals surface area contributed by atoms with Crippen LogP contribution in [0.5, 0.6) is 0 Å². The predicted molar refractivity (Wildman–Crippen MR) is 57.5 cm³/mol. The van der Waals surface area contributed by atoms with Gasteiger partial charge in [-0.2, -0.15) is 0 Å². The molecule has 0 saturated carbocycles. The van der Waals surface area contributed by atoms with Crippen molar-refractivity contribution in [1.29, 1.82) is 0 Å². The summed E-state index contributed by atoms with van der Waals surface area (Å²) in [4.78, 5) is 11.0. The van der Waals surface area contributed by atoms with E-state index in [2.05, 4.69) is 36.6 Å². The molecule has 0 atom stereocenters. The SMILES string of the molecule is COC(=O)Cc1cc(F)c(Br)cc1Br. The number of carbonyl (C=O) groups is 1. The molecule has 0 aliphatic heterocycles. The summed E-state index contributed by atoms with van der Waals surface area (Å²) in [6, 6.07) is 2.86. The van der Waals surface area contributed by atoms with Gasteiger partial charge in [-0.1, -0.05) is 15.9 Å². The lowest BCUT2D eigenvalue weighted by molar-refractivity contribution is -0.139. The second kappa shape index (κ2) is 4.89. The zero-order chi connectivity index (χ0) is 10.7. The largest absolute Gasteiger partial charge is 0.469 e. The minimum absolute atomic E-state index is 0.0568. The van der Waals surface area contributed by atoms with Crippen LogP contribution in [0.15, 0.2) is 21.1 Å². The first-order valence-corrected chi connectivity index (χ1v) is 5.33. The maximum atomic E-state index is 13.1. The van der Waals surface area contributed by atoms with Crippen molar-refractivity contribution in [2.45, 2.75) is 6.42 Å². The Hall–Kier alpha value is -0.420. The summed E-state index contributed by atoms with van der Waals surface area (Å²) in [6.07, 6.45) is 0.0568. The second-order valence-electron chi connectivity index (χ2n) is 2.61. The van der Waals surface area contributed by atoms with Crippen LogP contribution in [0.25, 0.3) is 0 Å². The molecule has 0 saturated heterocycles. The average molecular weight is 326 g/mol. The van der Waals surface area contributed by atoms with Crippen molar-refractivity contribution in [3.05, 3.63) is 32.5 Å². The maximum Gasteiger partial charge on any atom is 0.310 e. The van der Waals surface area contributed by atoms with Gasteiger partial charge in [0.1, 0.15) is 5.82 Å². The molecule has 0 radical (unpaired) electrons. The molecular formula is C9H7Br2FO2. The van der Waals surface area contributed by atoms with Crippen molar-refractivity contribution in [1.82, 2.24) is 0 Å². The molecule has 1 rings (SSSR count). The molecule has 0 heterocycles. The molecule has 0 bridgehead atoms. The van der Waals surface area contributed by atoms with E-state index in [9.17, 15) is 9.18 Å². The minimum atomic E-state index is -0.396. The summed E-state index contributed by atoms with van der Waals surface area (Å²) in [5, 5.41) is 0. The molecule has 0 N–H and O–H groups in total. The average Bonchev–Trinajstić information content (AvgIpc) is 2.14. The molecule has 14 heavy (non-hydrogen) atoms. The Balaban J connectivity index is 2.98. The highest BCUT2D eigenvalue weighted by atomic mass is 79.9. The first kappa shape index (κ1) is 11.7. The van der Waals surface area contributed by atoms with Gasteiger partial charge in [0.25, 0.3) is 0 Å². The topological polar surface area (TPSA) is 26.3 Å². The smallest absolute Gasteiger partial charge is 0.310 e. The molecule has 1 aromatic carbocycles. The number of carbonyl (C=O) groups excluding carboxylic acids is 1. The van der Waals surface area contributed by atoms with E-state index in [4.69, 9.17) is 0 Å². The lowest BCUT2D eigenvalue weighted by Crippen LogP contribution is -2.05. The van der Waals surface area contributed by atoms with Gasteiger partial charge in [-0.25, -0.2) is 4.39 Å². The number of hydrogen-bond acceptors (Lipinski definition) is 2. The highest BCUT2D eigenvalue weighted by Crippen LogP contribution is 2.25. The number of ether oxygens (including phenoxy) is 1. The van der Waals surface area contributed by atoms with E-state index in [1.807, 2.05) is 0 Å². The van der Waals surface area contributed by atoms with Gasteiger partial charge in [-0.3, -0.25) is 4.79 Å². The van der Waals surface area contributed by atoms with Crippen molar-refractivity contribution in [2.24, 2.45) is 0 Å². The van der Waals surface area contributed by atoms with Gasteiger partial charge >= 0.3 is 5.97 Å². The Morgan fingerprint density at radius 1 is 1.43 bits per heavy atom. The third-order valence-corrected chi connectivity index (χ3v) is 3.00. The molecular weight excluding hydrogens is 319 g/mol. The monoisotopic (exact) mass is 324 g/mol. The lowest BCUT2D eigenvalue weighted by atomic mass is 10.1. The number of rotatable bonds is 2. The summed E-state index contributed by atoms with van der Waals surface area (Å²) in [5.41, 5.74) is 0.567. The second-order valence-corrected chi connectivity index (χ2v) is 4.32. The first-order chi connectivity index (χ1) is 6.54. The Morgan fingerprint density at radius 3 is 2.64 bits per heavy atom. The summed E-state index contributed by atoms with van der Waals surface area (Å²) in [7, 11) is 1.30. The van der Waals surface area contributed by atoms with Gasteiger partial charge in [0.2, 0.25) is 0 Å². The Labute approximate surface area is 97.7 Å². The van der Waals surface area contributed by atoms with Crippen molar-refractivity contribution >= 4 is 37.8 Å². The van der Waals surface area contributed by atoms with Crippen molar-refractivity contribution in [2.75, 3.05) is 7.11 Å². The molecule has 0 amide bonds. The van der Waals surface area contributed by atoms with Crippen molar-refractivity contribution < 1.29 is 13.9 Å². The molecule has 0 fully saturated rings. The first-order valence-electron chi connectivity index (χ1n) is 3.75. The van der Waals surface area contributed by atoms with E-state index in [1.54, 1.807) is 6.07 Å². The van der Waals surface area contributed by atoms with Crippen LogP contribution in [0.3, 0.4) is 0 Å². The number of benzene rings is 1. The van der Waals surface area contributed by atoms with Crippen LogP contribution in [0.1, 0.15) is 5.56 Å². The summed E-state index contributed by atoms with van der Waals surface area (Å²) in [6.45, 7) is 0. The van der Waals surface area contributed by atoms with Crippen LogP contribution < -0.4 is 0 Å². The molecule has 1 aromatic rings. The maximum absolute atomic E-state index is 13.1. The molecule has 0 unspecified atom stereocenters. The Kier molecular flexibility index (Phi) is 4.07. The number of esters is 1. The quantitative estimate of drug-likeness (QED) is 0.617. The summed E-state index contributed by atoms with van der Waals surface area (Å²) in [5.74, 6) is -0.792. The number of methoxy groups -OCH3 is 1. The normalized spacial score (nSPS) is 10.0. The van der Waals surface area contributed by atoms with Gasteiger partial charge in [-0.15, -0.1) is 0 Å². The molecule has 5 heteroatoms. The van der Waals surface area contributed by atoms with Crippen LogP contribution >= 0.6 is 31.9 Å². The molecule has 0 aliphatic rings. The van der Waals surface area contributed by atoms with E-state index in [1.165, 1.54) is 13.2 Å². The zero-order valence-corrected chi connectivity index (χ0v) is 10.5. The van der Waals surface area contributed by atoms with Crippen molar-refractivity contribution in [3.63, 3.8) is 0 Å². The van der Waals surface area contributed by atoms with Crippen LogP contribution in [-0.4, -0.2) is 13.1 Å². The molecule has 0 aromatic heterocycles. The van der Waals surface area contributed by atoms with Gasteiger partial charge in [0, 0.05) is 4.47 Å². The van der Waals surface area contributed by atoms with E-state index in [0.717, 1.165) is 0 Å². The van der Waals surface area contributed by atoms with Crippen LogP contribution in [0, 0.1) is 5.82 Å². The van der Waals surface area contributed by atoms with Crippen LogP contribution in [-0.2, 0) is 16.0 Å². The van der Waals surface area contributed by atoms with E-state index >= 15 is 0 Å². The van der Waals surface area contributed by atoms with E-state index < -0.39 is 11.8 Å². The van der Waals surface area contributed by atoms with Crippen LogP contribution in [0.2, 0.25) is 0 Å². The lowest BCUT2D eigenvalue weighted by Gasteiger charge is -2.04. The van der Waals surface area contributed by atoms with Crippen molar-refractivity contribution in [3.8, 4) is 0 Å². The highest BCUT2D eigenvalue weighted by molar-refractivity contribution is 9.11. The predicted octanol–water partition coefficient (Wildman–Crippen LogP) is 3.07. The van der Waals surface area contributed by atoms with Gasteiger partial charge in [0.15, 0.2) is 0 Å². The molecule has 0 aliphatic carbocycles. The fraction of sp³-hybridized carbons (Fsp3) is 0.222. The van der Waals surface area contributed by atoms with Gasteiger partial charge in [-0.05, 0) is 33.6 Å². The molecule has 2 nitrogen and oxygen atoms in total.